The van der Waals surface area contributed by atoms with Gasteiger partial charge in [-0.05, 0) is 6.42 Å². The van der Waals surface area contributed by atoms with Crippen LogP contribution in [-0.4, -0.2) is 26.6 Å². The molecule has 4 heteroatoms. The smallest absolute Gasteiger partial charge is 0.190 e. The zero-order valence-electron chi connectivity index (χ0n) is 11.0. The van der Waals surface area contributed by atoms with Gasteiger partial charge in [-0.1, -0.05) is 45.4 Å². The molecule has 0 aliphatic rings. The van der Waals surface area contributed by atoms with Crippen LogP contribution in [0.1, 0.15) is 51.9 Å². The summed E-state index contributed by atoms with van der Waals surface area (Å²) in [6.07, 6.45) is 9.48. The number of hydrogen-bond donors (Lipinski definition) is 2. The summed E-state index contributed by atoms with van der Waals surface area (Å²) in [5, 5.41) is 6.27. The molecule has 0 rings (SSSR count). The Balaban J connectivity index is 0. The minimum Gasteiger partial charge on any atom is -0.359 e. The second-order valence-corrected chi connectivity index (χ2v) is 3.87. The topological polar surface area (TPSA) is 36.4 Å². The van der Waals surface area contributed by atoms with E-state index < -0.39 is 0 Å². The molecule has 98 valence electrons. The first-order valence-corrected chi connectivity index (χ1v) is 6.23. The van der Waals surface area contributed by atoms with E-state index in [1.807, 2.05) is 7.05 Å². The molecule has 0 saturated carbocycles. The van der Waals surface area contributed by atoms with E-state index in [1.165, 1.54) is 44.9 Å². The predicted octanol–water partition coefficient (Wildman–Crippen LogP) is 3.15. The van der Waals surface area contributed by atoms with Crippen LogP contribution in [0.15, 0.2) is 4.99 Å². The highest BCUT2D eigenvalue weighted by atomic mass is 127. The summed E-state index contributed by atoms with van der Waals surface area (Å²) in [5.74, 6) is 0.890. The van der Waals surface area contributed by atoms with Crippen molar-refractivity contribution in [3.8, 4) is 0 Å². The Bertz CT molecular complexity index is 160. The summed E-state index contributed by atoms with van der Waals surface area (Å²) in [6, 6.07) is 0. The number of aliphatic imine (C=N–C) groups is 1. The Morgan fingerprint density at radius 2 is 1.56 bits per heavy atom. The summed E-state index contributed by atoms with van der Waals surface area (Å²) in [7, 11) is 3.68. The molecule has 0 spiro atoms. The van der Waals surface area contributed by atoms with Crippen molar-refractivity contribution in [2.45, 2.75) is 51.9 Å². The van der Waals surface area contributed by atoms with Gasteiger partial charge < -0.3 is 10.6 Å². The van der Waals surface area contributed by atoms with Crippen LogP contribution in [0, 0.1) is 0 Å². The molecule has 16 heavy (non-hydrogen) atoms. The molecule has 2 N–H and O–H groups in total. The predicted molar refractivity (Wildman–Crippen MR) is 83.8 cm³/mol. The van der Waals surface area contributed by atoms with Crippen molar-refractivity contribution < 1.29 is 0 Å². The third-order valence-electron chi connectivity index (χ3n) is 2.53. The van der Waals surface area contributed by atoms with Gasteiger partial charge in [-0.15, -0.1) is 24.0 Å². The van der Waals surface area contributed by atoms with Gasteiger partial charge in [0.2, 0.25) is 0 Å². The molecule has 0 atom stereocenters. The third kappa shape index (κ3) is 12.1. The fourth-order valence-electron chi connectivity index (χ4n) is 1.57. The SMILES string of the molecule is CCCCCCCCCNC(=NC)NC.I. The van der Waals surface area contributed by atoms with Gasteiger partial charge in [0.25, 0.3) is 0 Å². The van der Waals surface area contributed by atoms with Crippen LogP contribution in [0.5, 0.6) is 0 Å². The second-order valence-electron chi connectivity index (χ2n) is 3.87. The molecule has 0 fully saturated rings. The first kappa shape index (κ1) is 18.4. The molecule has 0 aliphatic heterocycles. The average Bonchev–Trinajstić information content (AvgIpc) is 2.27. The Labute approximate surface area is 118 Å². The Morgan fingerprint density at radius 3 is 2.06 bits per heavy atom. The van der Waals surface area contributed by atoms with E-state index in [4.69, 9.17) is 0 Å². The first-order valence-electron chi connectivity index (χ1n) is 6.23. The van der Waals surface area contributed by atoms with Gasteiger partial charge in [0.1, 0.15) is 0 Å². The summed E-state index contributed by atoms with van der Waals surface area (Å²) in [4.78, 5) is 4.06. The maximum absolute atomic E-state index is 4.06. The van der Waals surface area contributed by atoms with Crippen LogP contribution in [0.4, 0.5) is 0 Å². The number of rotatable bonds is 8. The van der Waals surface area contributed by atoms with Crippen LogP contribution in [0.25, 0.3) is 0 Å². The van der Waals surface area contributed by atoms with Crippen molar-refractivity contribution in [2.75, 3.05) is 20.6 Å². The number of guanidine groups is 1. The van der Waals surface area contributed by atoms with E-state index in [0.717, 1.165) is 12.5 Å². The zero-order valence-corrected chi connectivity index (χ0v) is 13.3. The molecule has 0 aromatic heterocycles. The Kier molecular flexibility index (Phi) is 17.2. The molecule has 0 unspecified atom stereocenters. The van der Waals surface area contributed by atoms with Crippen molar-refractivity contribution in [3.63, 3.8) is 0 Å². The minimum atomic E-state index is 0. The van der Waals surface area contributed by atoms with Crippen molar-refractivity contribution in [2.24, 2.45) is 4.99 Å². The standard InChI is InChI=1S/C12H27N3.HI/c1-4-5-6-7-8-9-10-11-15-12(13-2)14-3;/h4-11H2,1-3H3,(H2,13,14,15);1H. The van der Waals surface area contributed by atoms with Gasteiger partial charge in [0.15, 0.2) is 5.96 Å². The Hall–Kier alpha value is 0. The quantitative estimate of drug-likeness (QED) is 0.308. The molecule has 0 amide bonds. The van der Waals surface area contributed by atoms with Crippen LogP contribution < -0.4 is 10.6 Å². The molecular formula is C12H28IN3. The number of halogens is 1. The number of nitrogens with zero attached hydrogens (tertiary/aromatic N) is 1. The van der Waals surface area contributed by atoms with Gasteiger partial charge in [0, 0.05) is 20.6 Å². The van der Waals surface area contributed by atoms with Crippen molar-refractivity contribution in [1.82, 2.24) is 10.6 Å². The number of unbranched alkanes of at least 4 members (excludes halogenated alkanes) is 6. The molecular weight excluding hydrogens is 313 g/mol. The maximum atomic E-state index is 4.06. The van der Waals surface area contributed by atoms with Gasteiger partial charge in [-0.3, -0.25) is 4.99 Å². The maximum Gasteiger partial charge on any atom is 0.190 e. The molecule has 0 aromatic rings. The lowest BCUT2D eigenvalue weighted by Crippen LogP contribution is -2.35. The third-order valence-corrected chi connectivity index (χ3v) is 2.53. The van der Waals surface area contributed by atoms with Gasteiger partial charge >= 0.3 is 0 Å². The number of nitrogens with one attached hydrogen (secondary N) is 2. The molecule has 0 aliphatic carbocycles. The van der Waals surface area contributed by atoms with E-state index in [0.29, 0.717) is 0 Å². The molecule has 0 saturated heterocycles. The molecule has 3 nitrogen and oxygen atoms in total. The fraction of sp³-hybridized carbons (Fsp3) is 0.917. The summed E-state index contributed by atoms with van der Waals surface area (Å²) >= 11 is 0. The van der Waals surface area contributed by atoms with Crippen LogP contribution >= 0.6 is 24.0 Å². The lowest BCUT2D eigenvalue weighted by molar-refractivity contribution is 0.584. The van der Waals surface area contributed by atoms with E-state index in [9.17, 15) is 0 Å². The van der Waals surface area contributed by atoms with E-state index in [-0.39, 0.29) is 24.0 Å². The van der Waals surface area contributed by atoms with E-state index in [2.05, 4.69) is 22.5 Å². The summed E-state index contributed by atoms with van der Waals surface area (Å²) in [5.41, 5.74) is 0. The minimum absolute atomic E-state index is 0. The van der Waals surface area contributed by atoms with Gasteiger partial charge in [0.05, 0.1) is 0 Å². The van der Waals surface area contributed by atoms with Crippen molar-refractivity contribution in [1.29, 1.82) is 0 Å². The molecule has 0 bridgehead atoms. The van der Waals surface area contributed by atoms with E-state index in [1.54, 1.807) is 7.05 Å². The van der Waals surface area contributed by atoms with E-state index >= 15 is 0 Å². The second kappa shape index (κ2) is 15.0. The monoisotopic (exact) mass is 341 g/mol. The molecule has 0 aromatic carbocycles. The highest BCUT2D eigenvalue weighted by molar-refractivity contribution is 14.0. The first-order chi connectivity index (χ1) is 7.35. The summed E-state index contributed by atoms with van der Waals surface area (Å²) < 4.78 is 0. The normalized spacial score (nSPS) is 10.8. The van der Waals surface area contributed by atoms with Gasteiger partial charge in [-0.2, -0.15) is 0 Å². The van der Waals surface area contributed by atoms with Crippen LogP contribution in [0.3, 0.4) is 0 Å². The van der Waals surface area contributed by atoms with Crippen LogP contribution in [-0.2, 0) is 0 Å². The average molecular weight is 341 g/mol. The van der Waals surface area contributed by atoms with Crippen LogP contribution in [0.2, 0.25) is 0 Å². The fourth-order valence-corrected chi connectivity index (χ4v) is 1.57. The highest BCUT2D eigenvalue weighted by Gasteiger charge is 1.93. The Morgan fingerprint density at radius 1 is 1.00 bits per heavy atom. The zero-order chi connectivity index (χ0) is 11.4. The summed E-state index contributed by atoms with van der Waals surface area (Å²) in [6.45, 7) is 3.29. The largest absolute Gasteiger partial charge is 0.359 e. The van der Waals surface area contributed by atoms with Crippen molar-refractivity contribution in [3.05, 3.63) is 0 Å². The number of hydrogen-bond acceptors (Lipinski definition) is 1. The molecule has 0 radical (unpaired) electrons. The van der Waals surface area contributed by atoms with Crippen molar-refractivity contribution >= 4 is 29.9 Å². The highest BCUT2D eigenvalue weighted by Crippen LogP contribution is 2.06. The lowest BCUT2D eigenvalue weighted by Gasteiger charge is -2.07. The van der Waals surface area contributed by atoms with Gasteiger partial charge in [-0.25, -0.2) is 0 Å². The lowest BCUT2D eigenvalue weighted by atomic mass is 10.1. The molecule has 0 heterocycles.